The predicted octanol–water partition coefficient (Wildman–Crippen LogP) is 3.43. The van der Waals surface area contributed by atoms with E-state index in [1.54, 1.807) is 0 Å². The van der Waals surface area contributed by atoms with E-state index in [1.807, 2.05) is 12.4 Å². The highest BCUT2D eigenvalue weighted by atomic mass is 15.1. The SMILES string of the molecule is CCCCC(CCC)NC(C)c1nccn1C. The van der Waals surface area contributed by atoms with Crippen LogP contribution >= 0.6 is 0 Å². The van der Waals surface area contributed by atoms with Crippen LogP contribution in [0, 0.1) is 0 Å². The lowest BCUT2D eigenvalue weighted by Crippen LogP contribution is -2.32. The van der Waals surface area contributed by atoms with Crippen LogP contribution in [0.15, 0.2) is 12.4 Å². The molecule has 0 saturated heterocycles. The first-order chi connectivity index (χ1) is 8.19. The summed E-state index contributed by atoms with van der Waals surface area (Å²) in [5.74, 6) is 1.13. The van der Waals surface area contributed by atoms with Gasteiger partial charge in [-0.3, -0.25) is 0 Å². The summed E-state index contributed by atoms with van der Waals surface area (Å²) in [5.41, 5.74) is 0. The van der Waals surface area contributed by atoms with E-state index in [4.69, 9.17) is 0 Å². The van der Waals surface area contributed by atoms with Crippen LogP contribution < -0.4 is 5.32 Å². The summed E-state index contributed by atoms with van der Waals surface area (Å²) in [4.78, 5) is 4.41. The fourth-order valence-corrected chi connectivity index (χ4v) is 2.33. The molecule has 17 heavy (non-hydrogen) atoms. The Labute approximate surface area is 106 Å². The van der Waals surface area contributed by atoms with Gasteiger partial charge < -0.3 is 9.88 Å². The van der Waals surface area contributed by atoms with Gasteiger partial charge in [0.1, 0.15) is 5.82 Å². The monoisotopic (exact) mass is 237 g/mol. The minimum absolute atomic E-state index is 0.336. The molecule has 0 fully saturated rings. The summed E-state index contributed by atoms with van der Waals surface area (Å²) in [7, 11) is 2.06. The van der Waals surface area contributed by atoms with Crippen molar-refractivity contribution in [2.45, 2.75) is 65.0 Å². The lowest BCUT2D eigenvalue weighted by atomic mass is 10.0. The second-order valence-electron chi connectivity index (χ2n) is 4.91. The molecule has 1 aromatic rings. The average Bonchev–Trinajstić information content (AvgIpc) is 2.72. The van der Waals surface area contributed by atoms with Crippen molar-refractivity contribution in [1.29, 1.82) is 0 Å². The number of nitrogens with zero attached hydrogens (tertiary/aromatic N) is 2. The van der Waals surface area contributed by atoms with Crippen LogP contribution in [-0.2, 0) is 7.05 Å². The smallest absolute Gasteiger partial charge is 0.125 e. The van der Waals surface area contributed by atoms with Crippen LogP contribution in [0.1, 0.15) is 64.7 Å². The van der Waals surface area contributed by atoms with E-state index in [-0.39, 0.29) is 0 Å². The number of unbranched alkanes of at least 4 members (excludes halogenated alkanes) is 1. The van der Waals surface area contributed by atoms with Crippen molar-refractivity contribution in [1.82, 2.24) is 14.9 Å². The van der Waals surface area contributed by atoms with Crippen molar-refractivity contribution in [3.05, 3.63) is 18.2 Å². The zero-order chi connectivity index (χ0) is 12.7. The first-order valence-corrected chi connectivity index (χ1v) is 6.92. The largest absolute Gasteiger partial charge is 0.337 e. The van der Waals surface area contributed by atoms with Gasteiger partial charge in [0.05, 0.1) is 6.04 Å². The molecule has 1 aromatic heterocycles. The van der Waals surface area contributed by atoms with Gasteiger partial charge in [-0.15, -0.1) is 0 Å². The number of hydrogen-bond donors (Lipinski definition) is 1. The molecule has 0 amide bonds. The average molecular weight is 237 g/mol. The molecule has 3 nitrogen and oxygen atoms in total. The Morgan fingerprint density at radius 3 is 2.59 bits per heavy atom. The first kappa shape index (κ1) is 14.2. The number of aromatic nitrogens is 2. The zero-order valence-corrected chi connectivity index (χ0v) is 11.7. The second kappa shape index (κ2) is 7.49. The highest BCUT2D eigenvalue weighted by Crippen LogP contribution is 2.14. The highest BCUT2D eigenvalue weighted by molar-refractivity contribution is 4.97. The number of imidazole rings is 1. The summed E-state index contributed by atoms with van der Waals surface area (Å²) in [6, 6.07) is 0.968. The molecule has 0 radical (unpaired) electrons. The van der Waals surface area contributed by atoms with Crippen molar-refractivity contribution in [3.63, 3.8) is 0 Å². The molecule has 0 aliphatic rings. The van der Waals surface area contributed by atoms with Crippen LogP contribution in [0.3, 0.4) is 0 Å². The highest BCUT2D eigenvalue weighted by Gasteiger charge is 2.15. The van der Waals surface area contributed by atoms with Gasteiger partial charge in [-0.25, -0.2) is 4.98 Å². The third-order valence-electron chi connectivity index (χ3n) is 3.27. The fraction of sp³-hybridized carbons (Fsp3) is 0.786. The van der Waals surface area contributed by atoms with Crippen LogP contribution in [0.4, 0.5) is 0 Å². The van der Waals surface area contributed by atoms with E-state index < -0.39 is 0 Å². The Kier molecular flexibility index (Phi) is 6.27. The maximum Gasteiger partial charge on any atom is 0.125 e. The Bertz CT molecular complexity index is 306. The van der Waals surface area contributed by atoms with E-state index in [0.717, 1.165) is 5.82 Å². The molecule has 98 valence electrons. The minimum Gasteiger partial charge on any atom is -0.337 e. The summed E-state index contributed by atoms with van der Waals surface area (Å²) in [6.45, 7) is 6.72. The van der Waals surface area contributed by atoms with Gasteiger partial charge in [0.25, 0.3) is 0 Å². The molecule has 0 spiro atoms. The standard InChI is InChI=1S/C14H27N3/c1-5-7-9-13(8-6-2)16-12(3)14-15-10-11-17(14)4/h10-13,16H,5-9H2,1-4H3. The van der Waals surface area contributed by atoms with Gasteiger partial charge in [-0.05, 0) is 19.8 Å². The third kappa shape index (κ3) is 4.50. The topological polar surface area (TPSA) is 29.9 Å². The lowest BCUT2D eigenvalue weighted by molar-refractivity contribution is 0.384. The summed E-state index contributed by atoms with van der Waals surface area (Å²) < 4.78 is 2.10. The normalized spacial score (nSPS) is 14.8. The third-order valence-corrected chi connectivity index (χ3v) is 3.27. The molecule has 1 N–H and O–H groups in total. The van der Waals surface area contributed by atoms with Gasteiger partial charge in [-0.2, -0.15) is 0 Å². The second-order valence-corrected chi connectivity index (χ2v) is 4.91. The molecule has 1 heterocycles. The molecular formula is C14H27N3. The summed E-state index contributed by atoms with van der Waals surface area (Å²) >= 11 is 0. The van der Waals surface area contributed by atoms with E-state index in [9.17, 15) is 0 Å². The molecule has 2 atom stereocenters. The number of rotatable bonds is 8. The van der Waals surface area contributed by atoms with Gasteiger partial charge in [-0.1, -0.05) is 33.1 Å². The minimum atomic E-state index is 0.336. The molecular weight excluding hydrogens is 210 g/mol. The molecule has 3 heteroatoms. The van der Waals surface area contributed by atoms with Crippen molar-refractivity contribution in [2.75, 3.05) is 0 Å². The Morgan fingerprint density at radius 2 is 2.06 bits per heavy atom. The quantitative estimate of drug-likeness (QED) is 0.750. The predicted molar refractivity (Wildman–Crippen MR) is 73.0 cm³/mol. The number of nitrogens with one attached hydrogen (secondary N) is 1. The van der Waals surface area contributed by atoms with Gasteiger partial charge in [0, 0.05) is 25.5 Å². The maximum atomic E-state index is 4.41. The molecule has 1 rings (SSSR count). The Morgan fingerprint density at radius 1 is 1.29 bits per heavy atom. The van der Waals surface area contributed by atoms with Crippen LogP contribution in [0.25, 0.3) is 0 Å². The fourth-order valence-electron chi connectivity index (χ4n) is 2.33. The molecule has 0 aliphatic carbocycles. The lowest BCUT2D eigenvalue weighted by Gasteiger charge is -2.22. The van der Waals surface area contributed by atoms with Gasteiger partial charge in [0.15, 0.2) is 0 Å². The molecule has 0 aliphatic heterocycles. The number of hydrogen-bond acceptors (Lipinski definition) is 2. The van der Waals surface area contributed by atoms with Crippen LogP contribution in [0.5, 0.6) is 0 Å². The van der Waals surface area contributed by atoms with Crippen LogP contribution in [-0.4, -0.2) is 15.6 Å². The van der Waals surface area contributed by atoms with E-state index in [2.05, 4.69) is 42.7 Å². The van der Waals surface area contributed by atoms with Gasteiger partial charge in [0.2, 0.25) is 0 Å². The molecule has 0 saturated carbocycles. The van der Waals surface area contributed by atoms with Crippen molar-refractivity contribution < 1.29 is 0 Å². The van der Waals surface area contributed by atoms with E-state index >= 15 is 0 Å². The van der Waals surface area contributed by atoms with Crippen molar-refractivity contribution in [2.24, 2.45) is 7.05 Å². The maximum absolute atomic E-state index is 4.41. The molecule has 2 unspecified atom stereocenters. The Balaban J connectivity index is 2.51. The summed E-state index contributed by atoms with van der Waals surface area (Å²) in [5, 5.41) is 3.71. The summed E-state index contributed by atoms with van der Waals surface area (Å²) in [6.07, 6.45) is 10.2. The first-order valence-electron chi connectivity index (χ1n) is 6.92. The van der Waals surface area contributed by atoms with E-state index in [1.165, 1.54) is 32.1 Å². The molecule has 0 aromatic carbocycles. The molecule has 0 bridgehead atoms. The number of aryl methyl sites for hydroxylation is 1. The Hall–Kier alpha value is -0.830. The van der Waals surface area contributed by atoms with Crippen molar-refractivity contribution in [3.8, 4) is 0 Å². The van der Waals surface area contributed by atoms with E-state index in [0.29, 0.717) is 12.1 Å². The van der Waals surface area contributed by atoms with Crippen molar-refractivity contribution >= 4 is 0 Å². The zero-order valence-electron chi connectivity index (χ0n) is 11.7. The van der Waals surface area contributed by atoms with Crippen LogP contribution in [0.2, 0.25) is 0 Å². The van der Waals surface area contributed by atoms with Gasteiger partial charge >= 0.3 is 0 Å².